The third kappa shape index (κ3) is 2.62. The van der Waals surface area contributed by atoms with E-state index in [1.807, 2.05) is 6.08 Å². The maximum atomic E-state index is 3.82. The zero-order chi connectivity index (χ0) is 10.5. The van der Waals surface area contributed by atoms with Gasteiger partial charge in [-0.15, -0.1) is 0 Å². The van der Waals surface area contributed by atoms with Crippen LogP contribution in [0.25, 0.3) is 6.08 Å². The van der Waals surface area contributed by atoms with Gasteiger partial charge in [0.15, 0.2) is 0 Å². The largest absolute Gasteiger partial charge is 0.372 e. The van der Waals surface area contributed by atoms with Gasteiger partial charge < -0.3 is 4.90 Å². The van der Waals surface area contributed by atoms with Gasteiger partial charge in [0.1, 0.15) is 0 Å². The molecule has 0 N–H and O–H groups in total. The van der Waals surface area contributed by atoms with Crippen molar-refractivity contribution >= 4 is 11.8 Å². The van der Waals surface area contributed by atoms with Gasteiger partial charge in [-0.3, -0.25) is 0 Å². The Morgan fingerprint density at radius 1 is 1.07 bits per heavy atom. The molecule has 1 nitrogen and oxygen atoms in total. The summed E-state index contributed by atoms with van der Waals surface area (Å²) in [5.74, 6) is 0. The fraction of sp³-hybridized carbons (Fsp3) is 0.429. The van der Waals surface area contributed by atoms with E-state index < -0.39 is 0 Å². The van der Waals surface area contributed by atoms with E-state index in [1.165, 1.54) is 50.0 Å². The van der Waals surface area contributed by atoms with Gasteiger partial charge >= 0.3 is 0 Å². The number of hydrogen-bond donors (Lipinski definition) is 0. The highest BCUT2D eigenvalue weighted by atomic mass is 15.1. The first-order valence-corrected chi connectivity index (χ1v) is 5.87. The van der Waals surface area contributed by atoms with Crippen LogP contribution < -0.4 is 4.90 Å². The zero-order valence-electron chi connectivity index (χ0n) is 9.28. The van der Waals surface area contributed by atoms with Gasteiger partial charge in [-0.1, -0.05) is 37.6 Å². The number of rotatable bonds is 2. The first kappa shape index (κ1) is 10.3. The molecule has 2 rings (SSSR count). The minimum atomic E-state index is 1.21. The highest BCUT2D eigenvalue weighted by Gasteiger charge is 2.09. The van der Waals surface area contributed by atoms with Gasteiger partial charge in [0.05, 0.1) is 0 Å². The minimum absolute atomic E-state index is 1.21. The molecular weight excluding hydrogens is 182 g/mol. The third-order valence-corrected chi connectivity index (χ3v) is 3.08. The monoisotopic (exact) mass is 201 g/mol. The lowest BCUT2D eigenvalue weighted by molar-refractivity contribution is 0.726. The molecule has 1 fully saturated rings. The van der Waals surface area contributed by atoms with Crippen molar-refractivity contribution in [3.63, 3.8) is 0 Å². The Balaban J connectivity index is 2.15. The molecule has 0 saturated carbocycles. The van der Waals surface area contributed by atoms with Crippen LogP contribution in [-0.4, -0.2) is 13.1 Å². The molecule has 1 saturated heterocycles. The summed E-state index contributed by atoms with van der Waals surface area (Å²) >= 11 is 0. The minimum Gasteiger partial charge on any atom is -0.372 e. The van der Waals surface area contributed by atoms with Gasteiger partial charge in [-0.25, -0.2) is 0 Å². The van der Waals surface area contributed by atoms with Crippen molar-refractivity contribution < 1.29 is 0 Å². The van der Waals surface area contributed by atoms with E-state index in [1.54, 1.807) is 0 Å². The molecule has 0 aliphatic carbocycles. The van der Waals surface area contributed by atoms with Crippen molar-refractivity contribution in [3.8, 4) is 0 Å². The zero-order valence-corrected chi connectivity index (χ0v) is 9.28. The maximum absolute atomic E-state index is 3.82. The molecule has 0 amide bonds. The Labute approximate surface area is 92.4 Å². The summed E-state index contributed by atoms with van der Waals surface area (Å²) in [6, 6.07) is 8.67. The summed E-state index contributed by atoms with van der Waals surface area (Å²) in [5, 5.41) is 0. The summed E-state index contributed by atoms with van der Waals surface area (Å²) < 4.78 is 0. The van der Waals surface area contributed by atoms with Crippen LogP contribution >= 0.6 is 0 Å². The molecule has 0 spiro atoms. The lowest BCUT2D eigenvalue weighted by Crippen LogP contribution is -2.23. The first-order chi connectivity index (χ1) is 7.40. The van der Waals surface area contributed by atoms with Crippen LogP contribution in [0.4, 0.5) is 5.69 Å². The Morgan fingerprint density at radius 2 is 1.80 bits per heavy atom. The molecule has 0 atom stereocenters. The Kier molecular flexibility index (Phi) is 3.44. The predicted octanol–water partition coefficient (Wildman–Crippen LogP) is 3.71. The highest BCUT2D eigenvalue weighted by molar-refractivity contribution is 5.57. The predicted molar refractivity (Wildman–Crippen MR) is 67.2 cm³/mol. The van der Waals surface area contributed by atoms with Crippen molar-refractivity contribution in [2.45, 2.75) is 25.7 Å². The maximum Gasteiger partial charge on any atom is 0.0372 e. The van der Waals surface area contributed by atoms with E-state index in [0.717, 1.165) is 0 Å². The van der Waals surface area contributed by atoms with Crippen LogP contribution in [0, 0.1) is 0 Å². The van der Waals surface area contributed by atoms with Crippen LogP contribution in [-0.2, 0) is 0 Å². The second kappa shape index (κ2) is 5.01. The molecule has 1 aromatic rings. The number of anilines is 1. The van der Waals surface area contributed by atoms with Crippen LogP contribution in [0.1, 0.15) is 31.2 Å². The van der Waals surface area contributed by atoms with Crippen LogP contribution in [0.5, 0.6) is 0 Å². The summed E-state index contributed by atoms with van der Waals surface area (Å²) in [5.41, 5.74) is 2.58. The molecule has 0 unspecified atom stereocenters. The SMILES string of the molecule is C=Cc1cccc(N2CCCCCC2)c1. The van der Waals surface area contributed by atoms with Gasteiger partial charge in [0.2, 0.25) is 0 Å². The summed E-state index contributed by atoms with van der Waals surface area (Å²) in [6.45, 7) is 6.24. The van der Waals surface area contributed by atoms with E-state index in [9.17, 15) is 0 Å². The van der Waals surface area contributed by atoms with E-state index >= 15 is 0 Å². The fourth-order valence-corrected chi connectivity index (χ4v) is 2.18. The highest BCUT2D eigenvalue weighted by Crippen LogP contribution is 2.20. The van der Waals surface area contributed by atoms with Crippen molar-refractivity contribution in [1.29, 1.82) is 0 Å². The first-order valence-electron chi connectivity index (χ1n) is 5.87. The molecule has 15 heavy (non-hydrogen) atoms. The Hall–Kier alpha value is -1.24. The number of hydrogen-bond acceptors (Lipinski definition) is 1. The Morgan fingerprint density at radius 3 is 2.47 bits per heavy atom. The number of nitrogens with zero attached hydrogens (tertiary/aromatic N) is 1. The van der Waals surface area contributed by atoms with Crippen molar-refractivity contribution in [3.05, 3.63) is 36.4 Å². The van der Waals surface area contributed by atoms with Crippen molar-refractivity contribution in [1.82, 2.24) is 0 Å². The lowest BCUT2D eigenvalue weighted by atomic mass is 10.2. The summed E-state index contributed by atoms with van der Waals surface area (Å²) in [7, 11) is 0. The third-order valence-electron chi connectivity index (χ3n) is 3.08. The standard InChI is InChI=1S/C14H19N/c1-2-13-8-7-9-14(12-13)15-10-5-3-4-6-11-15/h2,7-9,12H,1,3-6,10-11H2. The number of benzene rings is 1. The van der Waals surface area contributed by atoms with Gasteiger partial charge in [0.25, 0.3) is 0 Å². The van der Waals surface area contributed by atoms with Crippen molar-refractivity contribution in [2.24, 2.45) is 0 Å². The topological polar surface area (TPSA) is 3.24 Å². The molecule has 80 valence electrons. The fourth-order valence-electron chi connectivity index (χ4n) is 2.18. The molecular formula is C14H19N. The quantitative estimate of drug-likeness (QED) is 0.705. The molecule has 1 aliphatic heterocycles. The lowest BCUT2D eigenvalue weighted by Gasteiger charge is -2.22. The molecule has 1 aliphatic rings. The average Bonchev–Trinajstić information content (AvgIpc) is 2.58. The van der Waals surface area contributed by atoms with Gasteiger partial charge in [-0.2, -0.15) is 0 Å². The molecule has 1 aromatic carbocycles. The van der Waals surface area contributed by atoms with Crippen molar-refractivity contribution in [2.75, 3.05) is 18.0 Å². The van der Waals surface area contributed by atoms with Crippen LogP contribution in [0.15, 0.2) is 30.8 Å². The van der Waals surface area contributed by atoms with Gasteiger partial charge in [0, 0.05) is 18.8 Å². The van der Waals surface area contributed by atoms with E-state index in [4.69, 9.17) is 0 Å². The second-order valence-electron chi connectivity index (χ2n) is 4.20. The summed E-state index contributed by atoms with van der Waals surface area (Å²) in [4.78, 5) is 2.50. The van der Waals surface area contributed by atoms with Crippen LogP contribution in [0.3, 0.4) is 0 Å². The Bertz CT molecular complexity index is 322. The summed E-state index contributed by atoms with van der Waals surface area (Å²) in [6.07, 6.45) is 7.35. The van der Waals surface area contributed by atoms with E-state index in [2.05, 4.69) is 35.7 Å². The normalized spacial score (nSPS) is 17.2. The average molecular weight is 201 g/mol. The molecule has 0 aromatic heterocycles. The molecule has 1 heteroatoms. The van der Waals surface area contributed by atoms with E-state index in [-0.39, 0.29) is 0 Å². The second-order valence-corrected chi connectivity index (χ2v) is 4.20. The molecule has 1 heterocycles. The molecule has 0 radical (unpaired) electrons. The van der Waals surface area contributed by atoms with Crippen LogP contribution in [0.2, 0.25) is 0 Å². The molecule has 0 bridgehead atoms. The van der Waals surface area contributed by atoms with E-state index in [0.29, 0.717) is 0 Å². The smallest absolute Gasteiger partial charge is 0.0372 e. The van der Waals surface area contributed by atoms with Gasteiger partial charge in [-0.05, 0) is 30.5 Å².